The number of thiophene rings is 1. The monoisotopic (exact) mass is 487 g/mol. The number of pyridine rings is 1. The van der Waals surface area contributed by atoms with Crippen LogP contribution in [0, 0.1) is 13.8 Å². The van der Waals surface area contributed by atoms with E-state index in [2.05, 4.69) is 9.97 Å². The number of fused-ring (bicyclic) bond motifs is 1. The number of carbonyl (C=O) groups is 1. The van der Waals surface area contributed by atoms with Crippen molar-refractivity contribution in [3.8, 4) is 5.82 Å². The van der Waals surface area contributed by atoms with Gasteiger partial charge in [0.2, 0.25) is 0 Å². The number of carbonyl (C=O) groups excluding carboxylic acids is 1. The first-order valence-corrected chi connectivity index (χ1v) is 12.4. The summed E-state index contributed by atoms with van der Waals surface area (Å²) in [5.74, 6) is -0.206. The molecule has 0 spiro atoms. The van der Waals surface area contributed by atoms with Crippen LogP contribution in [0.4, 0.5) is 0 Å². The molecule has 4 rings (SSSR count). The summed E-state index contributed by atoms with van der Waals surface area (Å²) in [4.78, 5) is 34.2. The molecule has 0 aliphatic carbocycles. The number of halogens is 1. The number of rotatable bonds is 6. The summed E-state index contributed by atoms with van der Waals surface area (Å²) in [7, 11) is -3.74. The highest BCUT2D eigenvalue weighted by Gasteiger charge is 2.21. The van der Waals surface area contributed by atoms with Crippen LogP contribution in [0.2, 0.25) is 4.34 Å². The van der Waals surface area contributed by atoms with E-state index in [1.807, 2.05) is 19.1 Å². The molecule has 10 heteroatoms. The van der Waals surface area contributed by atoms with Crippen molar-refractivity contribution in [1.29, 1.82) is 0 Å². The molecule has 3 aromatic heterocycles. The summed E-state index contributed by atoms with van der Waals surface area (Å²) in [5, 5.41) is 0.496. The Labute approximate surface area is 193 Å². The maximum atomic E-state index is 13.0. The normalized spacial score (nSPS) is 11.7. The number of hydrogen-bond acceptors (Lipinski definition) is 7. The average molecular weight is 488 g/mol. The van der Waals surface area contributed by atoms with E-state index >= 15 is 0 Å². The molecule has 0 N–H and O–H groups in total. The Morgan fingerprint density at radius 1 is 1.12 bits per heavy atom. The molecule has 32 heavy (non-hydrogen) atoms. The zero-order chi connectivity index (χ0) is 23.0. The molecule has 0 fully saturated rings. The van der Waals surface area contributed by atoms with Gasteiger partial charge in [-0.25, -0.2) is 23.0 Å². The number of sulfone groups is 1. The van der Waals surface area contributed by atoms with Gasteiger partial charge >= 0.3 is 0 Å². The minimum Gasteiger partial charge on any atom is -0.298 e. The lowest BCUT2D eigenvalue weighted by Gasteiger charge is -2.11. The second-order valence-electron chi connectivity index (χ2n) is 7.38. The van der Waals surface area contributed by atoms with Crippen molar-refractivity contribution in [2.45, 2.75) is 24.5 Å². The highest BCUT2D eigenvalue weighted by molar-refractivity contribution is 7.94. The van der Waals surface area contributed by atoms with Gasteiger partial charge in [0.05, 0.1) is 15.2 Å². The predicted molar refractivity (Wildman–Crippen MR) is 125 cm³/mol. The number of Topliss-reactive ketones (excluding diaryl/α,β-unsaturated/α-hetero) is 1. The van der Waals surface area contributed by atoms with Gasteiger partial charge in [-0.2, -0.15) is 0 Å². The van der Waals surface area contributed by atoms with E-state index in [0.29, 0.717) is 32.4 Å². The Morgan fingerprint density at radius 2 is 1.91 bits per heavy atom. The van der Waals surface area contributed by atoms with Gasteiger partial charge in [-0.05, 0) is 49.7 Å². The van der Waals surface area contributed by atoms with Crippen LogP contribution < -0.4 is 5.56 Å². The Morgan fingerprint density at radius 3 is 2.56 bits per heavy atom. The minimum absolute atomic E-state index is 0.0678. The fraction of sp³-hybridized carbons (Fsp3) is 0.182. The molecule has 0 atom stereocenters. The van der Waals surface area contributed by atoms with Gasteiger partial charge in [0, 0.05) is 12.6 Å². The highest BCUT2D eigenvalue weighted by atomic mass is 35.5. The first-order valence-electron chi connectivity index (χ1n) is 9.59. The average Bonchev–Trinajstić information content (AvgIpc) is 3.17. The van der Waals surface area contributed by atoms with E-state index in [9.17, 15) is 18.0 Å². The van der Waals surface area contributed by atoms with Crippen molar-refractivity contribution in [2.75, 3.05) is 5.75 Å². The molecule has 0 unspecified atom stereocenters. The molecule has 0 saturated heterocycles. The van der Waals surface area contributed by atoms with E-state index in [4.69, 9.17) is 11.6 Å². The number of ketones is 1. The zero-order valence-corrected chi connectivity index (χ0v) is 19.6. The third-order valence-corrected chi connectivity index (χ3v) is 8.33. The molecule has 0 amide bonds. The summed E-state index contributed by atoms with van der Waals surface area (Å²) in [6.45, 7) is 3.63. The highest BCUT2D eigenvalue weighted by Crippen LogP contribution is 2.26. The van der Waals surface area contributed by atoms with Gasteiger partial charge in [0.1, 0.15) is 21.6 Å². The molecule has 7 nitrogen and oxygen atoms in total. The molecular weight excluding hydrogens is 470 g/mol. The SMILES string of the molecule is Cc1ccc2nc(C)n(-c3ccc(CC(=O)CS(=O)(=O)c4ccc(Cl)s4)cn3)c(=O)c2c1. The third kappa shape index (κ3) is 4.50. The van der Waals surface area contributed by atoms with Gasteiger partial charge in [0.25, 0.3) is 5.56 Å². The largest absolute Gasteiger partial charge is 0.298 e. The summed E-state index contributed by atoms with van der Waals surface area (Å²) in [5.41, 5.74) is 1.89. The number of hydrogen-bond donors (Lipinski definition) is 0. The molecule has 164 valence electrons. The van der Waals surface area contributed by atoms with E-state index < -0.39 is 21.4 Å². The maximum Gasteiger partial charge on any atom is 0.267 e. The Bertz CT molecular complexity index is 1510. The fourth-order valence-electron chi connectivity index (χ4n) is 3.36. The lowest BCUT2D eigenvalue weighted by atomic mass is 10.1. The molecule has 3 heterocycles. The number of benzene rings is 1. The van der Waals surface area contributed by atoms with Crippen LogP contribution in [0.3, 0.4) is 0 Å². The fourth-order valence-corrected chi connectivity index (χ4v) is 6.17. The topological polar surface area (TPSA) is 99.0 Å². The van der Waals surface area contributed by atoms with E-state index in [1.54, 1.807) is 25.1 Å². The first-order chi connectivity index (χ1) is 15.1. The Hall–Kier alpha value is -2.88. The van der Waals surface area contributed by atoms with Crippen molar-refractivity contribution in [2.24, 2.45) is 0 Å². The van der Waals surface area contributed by atoms with Crippen LogP contribution in [-0.4, -0.2) is 34.5 Å². The maximum absolute atomic E-state index is 13.0. The minimum atomic E-state index is -3.74. The smallest absolute Gasteiger partial charge is 0.267 e. The summed E-state index contributed by atoms with van der Waals surface area (Å²) in [6, 6.07) is 11.6. The predicted octanol–water partition coefficient (Wildman–Crippen LogP) is 3.70. The second-order valence-corrected chi connectivity index (χ2v) is 11.3. The molecule has 0 saturated carbocycles. The van der Waals surface area contributed by atoms with Crippen molar-refractivity contribution < 1.29 is 13.2 Å². The van der Waals surface area contributed by atoms with Gasteiger partial charge in [-0.15, -0.1) is 11.3 Å². The third-order valence-electron chi connectivity index (χ3n) is 4.84. The van der Waals surface area contributed by atoms with Crippen molar-refractivity contribution >= 4 is 49.5 Å². The van der Waals surface area contributed by atoms with Gasteiger partial charge in [0.15, 0.2) is 15.6 Å². The van der Waals surface area contributed by atoms with Crippen LogP contribution in [0.25, 0.3) is 16.7 Å². The first kappa shape index (κ1) is 22.3. The Kier molecular flexibility index (Phi) is 5.98. The molecule has 1 aromatic carbocycles. The van der Waals surface area contributed by atoms with E-state index in [1.165, 1.54) is 22.9 Å². The van der Waals surface area contributed by atoms with E-state index in [-0.39, 0.29) is 16.2 Å². The van der Waals surface area contributed by atoms with Gasteiger partial charge in [-0.1, -0.05) is 29.3 Å². The molecular formula is C22H18ClN3O4S2. The number of aryl methyl sites for hydroxylation is 2. The zero-order valence-electron chi connectivity index (χ0n) is 17.2. The van der Waals surface area contributed by atoms with Crippen LogP contribution in [0.1, 0.15) is 17.0 Å². The van der Waals surface area contributed by atoms with Gasteiger partial charge < -0.3 is 0 Å². The molecule has 0 radical (unpaired) electrons. The molecule has 0 bridgehead atoms. The summed E-state index contributed by atoms with van der Waals surface area (Å²) < 4.78 is 26.6. The Balaban J connectivity index is 1.56. The van der Waals surface area contributed by atoms with Crippen molar-refractivity contribution in [3.05, 3.63) is 80.3 Å². The molecule has 0 aliphatic heterocycles. The number of nitrogens with zero attached hydrogens (tertiary/aromatic N) is 3. The second kappa shape index (κ2) is 8.57. The van der Waals surface area contributed by atoms with Crippen LogP contribution in [-0.2, 0) is 21.1 Å². The van der Waals surface area contributed by atoms with Crippen molar-refractivity contribution in [1.82, 2.24) is 14.5 Å². The van der Waals surface area contributed by atoms with E-state index in [0.717, 1.165) is 16.9 Å². The molecule has 0 aliphatic rings. The quantitative estimate of drug-likeness (QED) is 0.411. The van der Waals surface area contributed by atoms with Crippen LogP contribution >= 0.6 is 22.9 Å². The lowest BCUT2D eigenvalue weighted by Crippen LogP contribution is -2.23. The lowest BCUT2D eigenvalue weighted by molar-refractivity contribution is -0.116. The van der Waals surface area contributed by atoms with Crippen LogP contribution in [0.5, 0.6) is 0 Å². The van der Waals surface area contributed by atoms with Crippen molar-refractivity contribution in [3.63, 3.8) is 0 Å². The summed E-state index contributed by atoms with van der Waals surface area (Å²) >= 11 is 6.71. The summed E-state index contributed by atoms with van der Waals surface area (Å²) in [6.07, 6.45) is 1.38. The molecule has 4 aromatic rings. The van der Waals surface area contributed by atoms with Crippen LogP contribution in [0.15, 0.2) is 57.7 Å². The van der Waals surface area contributed by atoms with Gasteiger partial charge in [-0.3, -0.25) is 9.59 Å². The standard InChI is InChI=1S/C22H18ClN3O4S2/c1-13-3-5-18-17(9-13)22(28)26(14(2)25-18)20-7-4-15(11-24-20)10-16(27)12-32(29,30)21-8-6-19(23)31-21/h3-9,11H,10,12H2,1-2H3. The number of aromatic nitrogens is 3.